The first-order valence-corrected chi connectivity index (χ1v) is 5.34. The lowest BCUT2D eigenvalue weighted by Gasteiger charge is -2.02. The standard InChI is InChI=1S/C10H7ClN2S/c11-9-3-1-4-10(8(9)7-13)14-6-2-5-12/h1,3-4H,2,6H2. The summed E-state index contributed by atoms with van der Waals surface area (Å²) in [6, 6.07) is 9.44. The van der Waals surface area contributed by atoms with E-state index in [4.69, 9.17) is 22.1 Å². The van der Waals surface area contributed by atoms with Crippen LogP contribution in [0.15, 0.2) is 23.1 Å². The van der Waals surface area contributed by atoms with Crippen molar-refractivity contribution in [2.75, 3.05) is 5.75 Å². The third kappa shape index (κ3) is 2.67. The van der Waals surface area contributed by atoms with Gasteiger partial charge in [-0.2, -0.15) is 10.5 Å². The second-order valence-corrected chi connectivity index (χ2v) is 4.03. The third-order valence-electron chi connectivity index (χ3n) is 1.56. The fourth-order valence-electron chi connectivity index (χ4n) is 0.940. The van der Waals surface area contributed by atoms with E-state index in [0.29, 0.717) is 22.8 Å². The zero-order chi connectivity index (χ0) is 10.4. The number of nitrogens with zero attached hydrogens (tertiary/aromatic N) is 2. The van der Waals surface area contributed by atoms with Gasteiger partial charge in [0.25, 0.3) is 0 Å². The van der Waals surface area contributed by atoms with Gasteiger partial charge in [0.1, 0.15) is 6.07 Å². The number of thioether (sulfide) groups is 1. The first-order chi connectivity index (χ1) is 6.79. The maximum Gasteiger partial charge on any atom is 0.102 e. The van der Waals surface area contributed by atoms with E-state index >= 15 is 0 Å². The van der Waals surface area contributed by atoms with Crippen LogP contribution in [0.25, 0.3) is 0 Å². The first kappa shape index (κ1) is 10.9. The monoisotopic (exact) mass is 222 g/mol. The van der Waals surface area contributed by atoms with Crippen LogP contribution in [0.1, 0.15) is 12.0 Å². The maximum absolute atomic E-state index is 8.84. The summed E-state index contributed by atoms with van der Waals surface area (Å²) in [6.07, 6.45) is 0.474. The summed E-state index contributed by atoms with van der Waals surface area (Å²) >= 11 is 7.32. The van der Waals surface area contributed by atoms with Crippen molar-refractivity contribution in [1.82, 2.24) is 0 Å². The largest absolute Gasteiger partial charge is 0.198 e. The molecule has 0 unspecified atom stereocenters. The Kier molecular flexibility index (Phi) is 4.32. The highest BCUT2D eigenvalue weighted by Crippen LogP contribution is 2.27. The molecule has 0 N–H and O–H groups in total. The summed E-state index contributed by atoms with van der Waals surface area (Å²) < 4.78 is 0. The van der Waals surface area contributed by atoms with Crippen LogP contribution in [0.3, 0.4) is 0 Å². The normalized spacial score (nSPS) is 9.07. The van der Waals surface area contributed by atoms with Crippen LogP contribution in [0.2, 0.25) is 5.02 Å². The van der Waals surface area contributed by atoms with Gasteiger partial charge in [-0.05, 0) is 12.1 Å². The third-order valence-corrected chi connectivity index (χ3v) is 2.93. The van der Waals surface area contributed by atoms with Crippen LogP contribution >= 0.6 is 23.4 Å². The van der Waals surface area contributed by atoms with E-state index in [0.717, 1.165) is 4.90 Å². The Balaban J connectivity index is 2.83. The molecule has 0 heterocycles. The minimum atomic E-state index is 0.467. The summed E-state index contributed by atoms with van der Waals surface area (Å²) in [5, 5.41) is 17.7. The summed E-state index contributed by atoms with van der Waals surface area (Å²) in [7, 11) is 0. The fraction of sp³-hybridized carbons (Fsp3) is 0.200. The van der Waals surface area contributed by atoms with E-state index < -0.39 is 0 Å². The summed E-state index contributed by atoms with van der Waals surface area (Å²) in [4.78, 5) is 0.843. The van der Waals surface area contributed by atoms with Crippen LogP contribution in [0.5, 0.6) is 0 Å². The molecule has 0 spiro atoms. The smallest absolute Gasteiger partial charge is 0.102 e. The minimum absolute atomic E-state index is 0.467. The molecule has 0 bridgehead atoms. The van der Waals surface area contributed by atoms with Crippen LogP contribution in [-0.2, 0) is 0 Å². The molecule has 14 heavy (non-hydrogen) atoms. The number of hydrogen-bond donors (Lipinski definition) is 0. The Morgan fingerprint density at radius 3 is 2.79 bits per heavy atom. The predicted molar refractivity (Wildman–Crippen MR) is 57.1 cm³/mol. The molecule has 1 rings (SSSR count). The average molecular weight is 223 g/mol. The summed E-state index contributed by atoms with van der Waals surface area (Å²) in [6.45, 7) is 0. The van der Waals surface area contributed by atoms with E-state index in [1.807, 2.05) is 6.07 Å². The van der Waals surface area contributed by atoms with Gasteiger partial charge in [0.05, 0.1) is 16.7 Å². The van der Waals surface area contributed by atoms with Crippen molar-refractivity contribution < 1.29 is 0 Å². The van der Waals surface area contributed by atoms with Crippen molar-refractivity contribution >= 4 is 23.4 Å². The Morgan fingerprint density at radius 2 is 2.14 bits per heavy atom. The van der Waals surface area contributed by atoms with Gasteiger partial charge in [0.15, 0.2) is 0 Å². The zero-order valence-corrected chi connectivity index (χ0v) is 8.90. The van der Waals surface area contributed by atoms with E-state index in [2.05, 4.69) is 12.1 Å². The second kappa shape index (κ2) is 5.54. The zero-order valence-electron chi connectivity index (χ0n) is 7.33. The van der Waals surface area contributed by atoms with Crippen LogP contribution in [-0.4, -0.2) is 5.75 Å². The van der Waals surface area contributed by atoms with Crippen molar-refractivity contribution in [3.8, 4) is 12.1 Å². The Bertz CT molecular complexity index is 404. The molecular formula is C10H7ClN2S. The highest BCUT2D eigenvalue weighted by Gasteiger charge is 2.05. The summed E-state index contributed by atoms with van der Waals surface area (Å²) in [5.41, 5.74) is 0.497. The van der Waals surface area contributed by atoms with Crippen molar-refractivity contribution in [2.24, 2.45) is 0 Å². The quantitative estimate of drug-likeness (QED) is 0.583. The lowest BCUT2D eigenvalue weighted by Crippen LogP contribution is -1.84. The van der Waals surface area contributed by atoms with Gasteiger partial charge in [-0.25, -0.2) is 0 Å². The molecule has 1 aromatic rings. The molecule has 0 radical (unpaired) electrons. The number of halogens is 1. The Labute approximate surface area is 92.1 Å². The molecule has 2 nitrogen and oxygen atoms in total. The summed E-state index contributed by atoms with van der Waals surface area (Å²) in [5.74, 6) is 0.686. The molecule has 0 fully saturated rings. The number of rotatable bonds is 3. The van der Waals surface area contributed by atoms with Gasteiger partial charge in [-0.15, -0.1) is 11.8 Å². The molecule has 0 aliphatic rings. The van der Waals surface area contributed by atoms with Crippen molar-refractivity contribution in [3.05, 3.63) is 28.8 Å². The van der Waals surface area contributed by atoms with Crippen molar-refractivity contribution in [3.63, 3.8) is 0 Å². The van der Waals surface area contributed by atoms with Crippen LogP contribution in [0, 0.1) is 22.7 Å². The molecule has 0 aliphatic heterocycles. The topological polar surface area (TPSA) is 47.6 Å². The fourth-order valence-corrected chi connectivity index (χ4v) is 2.10. The molecule has 0 amide bonds. The number of nitriles is 2. The Hall–Kier alpha value is -1.16. The maximum atomic E-state index is 8.84. The molecule has 0 atom stereocenters. The van der Waals surface area contributed by atoms with Crippen LogP contribution < -0.4 is 0 Å². The SMILES string of the molecule is N#CCCSc1cccc(Cl)c1C#N. The first-order valence-electron chi connectivity index (χ1n) is 3.98. The molecular weight excluding hydrogens is 216 g/mol. The minimum Gasteiger partial charge on any atom is -0.198 e. The van der Waals surface area contributed by atoms with Crippen molar-refractivity contribution in [2.45, 2.75) is 11.3 Å². The van der Waals surface area contributed by atoms with Gasteiger partial charge < -0.3 is 0 Å². The average Bonchev–Trinajstić information content (AvgIpc) is 2.18. The lowest BCUT2D eigenvalue weighted by molar-refractivity contribution is 1.23. The van der Waals surface area contributed by atoms with Crippen LogP contribution in [0.4, 0.5) is 0 Å². The molecule has 1 aromatic carbocycles. The molecule has 0 saturated carbocycles. The van der Waals surface area contributed by atoms with E-state index in [1.54, 1.807) is 12.1 Å². The molecule has 4 heteroatoms. The highest BCUT2D eigenvalue weighted by atomic mass is 35.5. The molecule has 0 saturated heterocycles. The second-order valence-electron chi connectivity index (χ2n) is 2.48. The lowest BCUT2D eigenvalue weighted by atomic mass is 10.2. The van der Waals surface area contributed by atoms with Crippen molar-refractivity contribution in [1.29, 1.82) is 10.5 Å². The van der Waals surface area contributed by atoms with Gasteiger partial charge in [0, 0.05) is 17.1 Å². The van der Waals surface area contributed by atoms with Gasteiger partial charge in [0.2, 0.25) is 0 Å². The predicted octanol–water partition coefficient (Wildman–Crippen LogP) is 3.22. The molecule has 0 aromatic heterocycles. The highest BCUT2D eigenvalue weighted by molar-refractivity contribution is 7.99. The number of benzene rings is 1. The van der Waals surface area contributed by atoms with E-state index in [1.165, 1.54) is 11.8 Å². The van der Waals surface area contributed by atoms with E-state index in [9.17, 15) is 0 Å². The molecule has 70 valence electrons. The Morgan fingerprint density at radius 1 is 1.36 bits per heavy atom. The molecule has 0 aliphatic carbocycles. The van der Waals surface area contributed by atoms with E-state index in [-0.39, 0.29) is 0 Å². The number of hydrogen-bond acceptors (Lipinski definition) is 3. The van der Waals surface area contributed by atoms with Gasteiger partial charge >= 0.3 is 0 Å². The van der Waals surface area contributed by atoms with Gasteiger partial charge in [-0.3, -0.25) is 0 Å². The van der Waals surface area contributed by atoms with Gasteiger partial charge in [-0.1, -0.05) is 17.7 Å².